The van der Waals surface area contributed by atoms with Gasteiger partial charge in [-0.05, 0) is 18.6 Å². The Hall–Kier alpha value is -2.37. The number of hydrogen-bond acceptors (Lipinski definition) is 5. The minimum Gasteiger partial charge on any atom is -0.493 e. The Balaban J connectivity index is 2.98. The number of nitro benzene ring substituents is 1. The van der Waals surface area contributed by atoms with E-state index >= 15 is 0 Å². The SMILES string of the molecule is COc1cc2nccc(C)c2c([N+](=O)[O-])c1OC. The number of rotatable bonds is 3. The molecule has 0 radical (unpaired) electrons. The largest absolute Gasteiger partial charge is 0.493 e. The minimum absolute atomic E-state index is 0.113. The molecule has 2 rings (SSSR count). The van der Waals surface area contributed by atoms with Crippen LogP contribution in [0.3, 0.4) is 0 Å². The van der Waals surface area contributed by atoms with Gasteiger partial charge in [0.2, 0.25) is 5.75 Å². The summed E-state index contributed by atoms with van der Waals surface area (Å²) in [4.78, 5) is 14.9. The molecule has 0 aliphatic carbocycles. The zero-order valence-electron chi connectivity index (χ0n) is 10.3. The van der Waals surface area contributed by atoms with Crippen LogP contribution in [0.1, 0.15) is 5.56 Å². The topological polar surface area (TPSA) is 74.5 Å². The van der Waals surface area contributed by atoms with Crippen LogP contribution in [0.5, 0.6) is 11.5 Å². The third kappa shape index (κ3) is 1.71. The number of nitro groups is 1. The lowest BCUT2D eigenvalue weighted by atomic mass is 10.1. The molecule has 0 bridgehead atoms. The zero-order chi connectivity index (χ0) is 13.3. The smallest absolute Gasteiger partial charge is 0.324 e. The molecular weight excluding hydrogens is 236 g/mol. The van der Waals surface area contributed by atoms with Crippen LogP contribution in [-0.4, -0.2) is 24.1 Å². The highest BCUT2D eigenvalue weighted by Gasteiger charge is 2.26. The molecule has 0 amide bonds. The second kappa shape index (κ2) is 4.48. The van der Waals surface area contributed by atoms with Crippen molar-refractivity contribution in [3.05, 3.63) is 34.0 Å². The van der Waals surface area contributed by atoms with Gasteiger partial charge in [-0.25, -0.2) is 0 Å². The van der Waals surface area contributed by atoms with Crippen LogP contribution >= 0.6 is 0 Å². The lowest BCUT2D eigenvalue weighted by molar-refractivity contribution is -0.384. The van der Waals surface area contributed by atoms with Gasteiger partial charge < -0.3 is 9.47 Å². The van der Waals surface area contributed by atoms with Crippen molar-refractivity contribution in [2.45, 2.75) is 6.92 Å². The van der Waals surface area contributed by atoms with E-state index in [4.69, 9.17) is 9.47 Å². The summed E-state index contributed by atoms with van der Waals surface area (Å²) in [7, 11) is 2.81. The number of pyridine rings is 1. The van der Waals surface area contributed by atoms with Gasteiger partial charge in [-0.1, -0.05) is 0 Å². The molecule has 1 heterocycles. The van der Waals surface area contributed by atoms with E-state index in [9.17, 15) is 10.1 Å². The standard InChI is InChI=1S/C12H12N2O4/c1-7-4-5-13-8-6-9(17-2)12(18-3)11(10(7)8)14(15)16/h4-6H,1-3H3. The van der Waals surface area contributed by atoms with E-state index in [1.807, 2.05) is 0 Å². The fourth-order valence-electron chi connectivity index (χ4n) is 1.94. The quantitative estimate of drug-likeness (QED) is 0.616. The van der Waals surface area contributed by atoms with E-state index in [1.54, 1.807) is 25.3 Å². The van der Waals surface area contributed by atoms with Crippen molar-refractivity contribution in [2.75, 3.05) is 14.2 Å². The normalized spacial score (nSPS) is 10.4. The molecule has 1 aromatic carbocycles. The first-order valence-electron chi connectivity index (χ1n) is 5.24. The summed E-state index contributed by atoms with van der Waals surface area (Å²) < 4.78 is 10.2. The van der Waals surface area contributed by atoms with Crippen molar-refractivity contribution in [2.24, 2.45) is 0 Å². The van der Waals surface area contributed by atoms with Crippen molar-refractivity contribution < 1.29 is 14.4 Å². The highest BCUT2D eigenvalue weighted by Crippen LogP contribution is 2.43. The molecule has 0 unspecified atom stereocenters. The molecule has 2 aromatic rings. The summed E-state index contributed by atoms with van der Waals surface area (Å²) in [5.74, 6) is 0.418. The molecule has 1 aromatic heterocycles. The van der Waals surface area contributed by atoms with Crippen LogP contribution in [0, 0.1) is 17.0 Å². The maximum absolute atomic E-state index is 11.3. The maximum Gasteiger partial charge on any atom is 0.324 e. The van der Waals surface area contributed by atoms with Gasteiger partial charge in [-0.2, -0.15) is 0 Å². The molecule has 0 saturated carbocycles. The molecule has 6 heteroatoms. The Morgan fingerprint density at radius 1 is 1.33 bits per heavy atom. The lowest BCUT2D eigenvalue weighted by Crippen LogP contribution is -2.00. The number of aryl methyl sites for hydroxylation is 1. The van der Waals surface area contributed by atoms with E-state index < -0.39 is 4.92 Å². The van der Waals surface area contributed by atoms with Crippen molar-refractivity contribution in [3.8, 4) is 11.5 Å². The molecule has 18 heavy (non-hydrogen) atoms. The van der Waals surface area contributed by atoms with Gasteiger partial charge in [-0.15, -0.1) is 0 Å². The van der Waals surface area contributed by atoms with Crippen LogP contribution in [0.4, 0.5) is 5.69 Å². The summed E-state index contributed by atoms with van der Waals surface area (Å²) in [5.41, 5.74) is 1.17. The highest BCUT2D eigenvalue weighted by molar-refractivity contribution is 5.95. The molecule has 0 aliphatic heterocycles. The summed E-state index contributed by atoms with van der Waals surface area (Å²) in [6.45, 7) is 1.79. The number of fused-ring (bicyclic) bond motifs is 1. The fraction of sp³-hybridized carbons (Fsp3) is 0.250. The van der Waals surface area contributed by atoms with Crippen molar-refractivity contribution >= 4 is 16.6 Å². The van der Waals surface area contributed by atoms with Gasteiger partial charge >= 0.3 is 5.69 Å². The minimum atomic E-state index is -0.474. The Labute approximate surface area is 103 Å². The van der Waals surface area contributed by atoms with E-state index in [0.717, 1.165) is 5.56 Å². The second-order valence-corrected chi connectivity index (χ2v) is 3.74. The van der Waals surface area contributed by atoms with Crippen LogP contribution < -0.4 is 9.47 Å². The average molecular weight is 248 g/mol. The van der Waals surface area contributed by atoms with Gasteiger partial charge in [0.15, 0.2) is 5.75 Å². The van der Waals surface area contributed by atoms with Gasteiger partial charge in [0.05, 0.1) is 30.0 Å². The lowest BCUT2D eigenvalue weighted by Gasteiger charge is -2.11. The van der Waals surface area contributed by atoms with Gasteiger partial charge in [0, 0.05) is 12.3 Å². The summed E-state index contributed by atoms with van der Waals surface area (Å²) >= 11 is 0. The van der Waals surface area contributed by atoms with E-state index in [2.05, 4.69) is 4.98 Å². The monoisotopic (exact) mass is 248 g/mol. The number of nitrogens with zero attached hydrogens (tertiary/aromatic N) is 2. The maximum atomic E-state index is 11.3. The molecule has 6 nitrogen and oxygen atoms in total. The number of ether oxygens (including phenoxy) is 2. The second-order valence-electron chi connectivity index (χ2n) is 3.74. The van der Waals surface area contributed by atoms with E-state index in [1.165, 1.54) is 14.2 Å². The zero-order valence-corrected chi connectivity index (χ0v) is 10.3. The van der Waals surface area contributed by atoms with Crippen molar-refractivity contribution in [1.29, 1.82) is 0 Å². The van der Waals surface area contributed by atoms with Crippen LogP contribution in [0.2, 0.25) is 0 Å². The van der Waals surface area contributed by atoms with Gasteiger partial charge in [0.1, 0.15) is 0 Å². The Bertz CT molecular complexity index is 625. The van der Waals surface area contributed by atoms with Crippen LogP contribution in [0.25, 0.3) is 10.9 Å². The number of aromatic nitrogens is 1. The van der Waals surface area contributed by atoms with Crippen LogP contribution in [0.15, 0.2) is 18.3 Å². The predicted molar refractivity (Wildman–Crippen MR) is 66.2 cm³/mol. The van der Waals surface area contributed by atoms with E-state index in [-0.39, 0.29) is 11.4 Å². The van der Waals surface area contributed by atoms with Crippen molar-refractivity contribution in [1.82, 2.24) is 4.98 Å². The molecule has 0 fully saturated rings. The Morgan fingerprint density at radius 3 is 2.61 bits per heavy atom. The predicted octanol–water partition coefficient (Wildman–Crippen LogP) is 2.47. The van der Waals surface area contributed by atoms with Crippen molar-refractivity contribution in [3.63, 3.8) is 0 Å². The Morgan fingerprint density at radius 2 is 2.06 bits per heavy atom. The first-order valence-corrected chi connectivity index (χ1v) is 5.24. The third-order valence-electron chi connectivity index (χ3n) is 2.74. The highest BCUT2D eigenvalue weighted by atomic mass is 16.6. The number of hydrogen-bond donors (Lipinski definition) is 0. The number of benzene rings is 1. The molecule has 94 valence electrons. The van der Waals surface area contributed by atoms with Crippen LogP contribution in [-0.2, 0) is 0 Å². The number of methoxy groups -OCH3 is 2. The van der Waals surface area contributed by atoms with E-state index in [0.29, 0.717) is 16.7 Å². The Kier molecular flexibility index (Phi) is 3.01. The summed E-state index contributed by atoms with van der Waals surface area (Å²) in [6, 6.07) is 3.36. The first kappa shape index (κ1) is 12.1. The molecule has 0 N–H and O–H groups in total. The molecule has 0 aliphatic rings. The molecule has 0 atom stereocenters. The molecular formula is C12H12N2O4. The fourth-order valence-corrected chi connectivity index (χ4v) is 1.94. The first-order chi connectivity index (χ1) is 8.60. The molecule has 0 saturated heterocycles. The van der Waals surface area contributed by atoms with Gasteiger partial charge in [0.25, 0.3) is 0 Å². The summed E-state index contributed by atoms with van der Waals surface area (Å²) in [6.07, 6.45) is 1.60. The summed E-state index contributed by atoms with van der Waals surface area (Å²) in [5, 5.41) is 11.7. The molecule has 0 spiro atoms. The average Bonchev–Trinajstić information content (AvgIpc) is 2.36. The van der Waals surface area contributed by atoms with Gasteiger partial charge in [-0.3, -0.25) is 15.1 Å². The third-order valence-corrected chi connectivity index (χ3v) is 2.74.